The minimum Gasteiger partial charge on any atom is -0.475 e. The highest BCUT2D eigenvalue weighted by Gasteiger charge is 2.29. The molecule has 0 aliphatic carbocycles. The van der Waals surface area contributed by atoms with Crippen molar-refractivity contribution in [3.63, 3.8) is 0 Å². The first kappa shape index (κ1) is 15.6. The number of rotatable bonds is 4. The van der Waals surface area contributed by atoms with Crippen LogP contribution in [0.25, 0.3) is 0 Å². The Morgan fingerprint density at radius 3 is 2.52 bits per heavy atom. The van der Waals surface area contributed by atoms with Gasteiger partial charge in [-0.1, -0.05) is 12.1 Å². The third-order valence-electron chi connectivity index (χ3n) is 2.87. The molecule has 0 aliphatic heterocycles. The molecule has 112 valence electrons. The molecule has 2 rings (SSSR count). The number of carboxylic acid groups (broad SMARTS) is 1. The monoisotopic (exact) mass is 373 g/mol. The van der Waals surface area contributed by atoms with Crippen molar-refractivity contribution in [2.24, 2.45) is 0 Å². The summed E-state index contributed by atoms with van der Waals surface area (Å²) in [5.41, 5.74) is 1.38. The molecule has 0 bridgehead atoms. The van der Waals surface area contributed by atoms with Crippen LogP contribution in [0.2, 0.25) is 0 Å². The van der Waals surface area contributed by atoms with E-state index in [4.69, 9.17) is 9.52 Å². The van der Waals surface area contributed by atoms with Crippen molar-refractivity contribution in [2.75, 3.05) is 11.4 Å². The second kappa shape index (κ2) is 5.53. The smallest absolute Gasteiger partial charge is 0.371 e. The maximum atomic E-state index is 12.5. The second-order valence-electron chi connectivity index (χ2n) is 4.37. The molecule has 0 unspecified atom stereocenters. The second-order valence-corrected chi connectivity index (χ2v) is 7.02. The van der Waals surface area contributed by atoms with E-state index in [1.165, 1.54) is 7.05 Å². The summed E-state index contributed by atoms with van der Waals surface area (Å²) in [6.07, 6.45) is 0. The summed E-state index contributed by atoms with van der Waals surface area (Å²) in [5, 5.41) is 8.86. The van der Waals surface area contributed by atoms with Gasteiger partial charge in [-0.2, -0.15) is 0 Å². The first-order chi connectivity index (χ1) is 9.73. The predicted octanol–water partition coefficient (Wildman–Crippen LogP) is 2.87. The van der Waals surface area contributed by atoms with Crippen LogP contribution in [0.1, 0.15) is 16.1 Å². The van der Waals surface area contributed by atoms with Crippen LogP contribution < -0.4 is 4.31 Å². The summed E-state index contributed by atoms with van der Waals surface area (Å²) in [7, 11) is -2.53. The number of sulfonamides is 1. The van der Waals surface area contributed by atoms with E-state index in [1.54, 1.807) is 18.2 Å². The Bertz CT molecular complexity index is 797. The molecule has 0 amide bonds. The molecule has 1 heterocycles. The number of halogens is 1. The van der Waals surface area contributed by atoms with Gasteiger partial charge in [0.05, 0.1) is 5.69 Å². The van der Waals surface area contributed by atoms with Gasteiger partial charge in [-0.15, -0.1) is 0 Å². The van der Waals surface area contributed by atoms with E-state index in [0.29, 0.717) is 5.69 Å². The minimum absolute atomic E-state index is 0.139. The van der Waals surface area contributed by atoms with Gasteiger partial charge in [0.1, 0.15) is 4.90 Å². The summed E-state index contributed by atoms with van der Waals surface area (Å²) >= 11 is 2.94. The number of carboxylic acids is 1. The summed E-state index contributed by atoms with van der Waals surface area (Å²) < 4.78 is 30.9. The van der Waals surface area contributed by atoms with Gasteiger partial charge in [0.25, 0.3) is 10.0 Å². The molecule has 0 aliphatic rings. The van der Waals surface area contributed by atoms with Crippen LogP contribution in [-0.2, 0) is 10.0 Å². The van der Waals surface area contributed by atoms with Crippen LogP contribution in [0.5, 0.6) is 0 Å². The zero-order valence-corrected chi connectivity index (χ0v) is 13.6. The lowest BCUT2D eigenvalue weighted by Crippen LogP contribution is -2.26. The zero-order valence-electron chi connectivity index (χ0n) is 11.2. The van der Waals surface area contributed by atoms with Gasteiger partial charge in [-0.25, -0.2) is 13.2 Å². The van der Waals surface area contributed by atoms with Crippen LogP contribution in [0.4, 0.5) is 5.69 Å². The highest BCUT2D eigenvalue weighted by Crippen LogP contribution is 2.30. The fourth-order valence-corrected chi connectivity index (χ4v) is 3.83. The van der Waals surface area contributed by atoms with Crippen LogP contribution in [0, 0.1) is 6.92 Å². The Balaban J connectivity index is 2.49. The zero-order chi connectivity index (χ0) is 15.8. The van der Waals surface area contributed by atoms with Gasteiger partial charge in [-0.3, -0.25) is 4.31 Å². The number of benzene rings is 1. The Kier molecular flexibility index (Phi) is 4.11. The van der Waals surface area contributed by atoms with Crippen LogP contribution in [-0.4, -0.2) is 26.5 Å². The lowest BCUT2D eigenvalue weighted by atomic mass is 10.2. The summed E-state index contributed by atoms with van der Waals surface area (Å²) in [6.45, 7) is 1.85. The van der Waals surface area contributed by atoms with E-state index >= 15 is 0 Å². The molecule has 1 aromatic heterocycles. The Morgan fingerprint density at radius 2 is 2.00 bits per heavy atom. The van der Waals surface area contributed by atoms with E-state index in [-0.39, 0.29) is 9.56 Å². The van der Waals surface area contributed by atoms with Crippen molar-refractivity contribution in [3.8, 4) is 0 Å². The normalized spacial score (nSPS) is 11.4. The molecule has 6 nitrogen and oxygen atoms in total. The Morgan fingerprint density at radius 1 is 1.33 bits per heavy atom. The van der Waals surface area contributed by atoms with E-state index in [1.807, 2.05) is 13.0 Å². The minimum atomic E-state index is -3.92. The molecular formula is C13H12BrNO5S. The number of aromatic carboxylic acids is 1. The third-order valence-corrected chi connectivity index (χ3v) is 5.51. The summed E-state index contributed by atoms with van der Waals surface area (Å²) in [5.74, 6) is -1.78. The standard InChI is InChI=1S/C13H12BrNO5S/c1-8-4-3-5-9(6-8)15(2)21(18,19)11-7-10(13(16)17)20-12(11)14/h3-7H,1-2H3,(H,16,17). The van der Waals surface area contributed by atoms with Crippen LogP contribution in [0.3, 0.4) is 0 Å². The van der Waals surface area contributed by atoms with E-state index in [9.17, 15) is 13.2 Å². The van der Waals surface area contributed by atoms with Gasteiger partial charge >= 0.3 is 5.97 Å². The van der Waals surface area contributed by atoms with Crippen molar-refractivity contribution in [1.82, 2.24) is 0 Å². The number of hydrogen-bond acceptors (Lipinski definition) is 4. The molecule has 0 fully saturated rings. The SMILES string of the molecule is Cc1cccc(N(C)S(=O)(=O)c2cc(C(=O)O)oc2Br)c1. The summed E-state index contributed by atoms with van der Waals surface area (Å²) in [6, 6.07) is 7.93. The average molecular weight is 374 g/mol. The molecule has 8 heteroatoms. The molecule has 2 aromatic rings. The van der Waals surface area contributed by atoms with Crippen molar-refractivity contribution in [2.45, 2.75) is 11.8 Å². The molecule has 0 saturated carbocycles. The maximum Gasteiger partial charge on any atom is 0.371 e. The highest BCUT2D eigenvalue weighted by molar-refractivity contribution is 9.10. The molecule has 0 spiro atoms. The molecule has 1 N–H and O–H groups in total. The van der Waals surface area contributed by atoms with Crippen LogP contribution in [0.15, 0.2) is 44.3 Å². The topological polar surface area (TPSA) is 87.8 Å². The Hall–Kier alpha value is -1.80. The first-order valence-corrected chi connectivity index (χ1v) is 8.05. The van der Waals surface area contributed by atoms with Crippen molar-refractivity contribution < 1.29 is 22.7 Å². The quantitative estimate of drug-likeness (QED) is 0.889. The number of nitrogens with zero attached hydrogens (tertiary/aromatic N) is 1. The third kappa shape index (κ3) is 2.96. The molecule has 21 heavy (non-hydrogen) atoms. The van der Waals surface area contributed by atoms with Gasteiger partial charge in [0.2, 0.25) is 5.76 Å². The average Bonchev–Trinajstić information content (AvgIpc) is 2.81. The number of anilines is 1. The van der Waals surface area contributed by atoms with Gasteiger partial charge in [0.15, 0.2) is 4.67 Å². The highest BCUT2D eigenvalue weighted by atomic mass is 79.9. The lowest BCUT2D eigenvalue weighted by molar-refractivity contribution is 0.0661. The fourth-order valence-electron chi connectivity index (χ4n) is 1.74. The molecular weight excluding hydrogens is 362 g/mol. The van der Waals surface area contributed by atoms with Crippen LogP contribution >= 0.6 is 15.9 Å². The van der Waals surface area contributed by atoms with E-state index in [2.05, 4.69) is 15.9 Å². The van der Waals surface area contributed by atoms with E-state index < -0.39 is 21.8 Å². The van der Waals surface area contributed by atoms with Gasteiger partial charge in [-0.05, 0) is 40.5 Å². The largest absolute Gasteiger partial charge is 0.475 e. The number of aryl methyl sites for hydroxylation is 1. The fraction of sp³-hybridized carbons (Fsp3) is 0.154. The molecule has 0 saturated heterocycles. The lowest BCUT2D eigenvalue weighted by Gasteiger charge is -2.19. The molecule has 0 atom stereocenters. The molecule has 0 radical (unpaired) electrons. The number of furan rings is 1. The predicted molar refractivity (Wildman–Crippen MR) is 80.1 cm³/mol. The first-order valence-electron chi connectivity index (χ1n) is 5.81. The van der Waals surface area contributed by atoms with Crippen molar-refractivity contribution in [1.29, 1.82) is 0 Å². The number of carbonyl (C=O) groups is 1. The maximum absolute atomic E-state index is 12.5. The molecule has 1 aromatic carbocycles. The van der Waals surface area contributed by atoms with Crippen molar-refractivity contribution in [3.05, 3.63) is 46.3 Å². The summed E-state index contributed by atoms with van der Waals surface area (Å²) in [4.78, 5) is 10.6. The van der Waals surface area contributed by atoms with E-state index in [0.717, 1.165) is 15.9 Å². The van der Waals surface area contributed by atoms with Gasteiger partial charge in [0, 0.05) is 13.1 Å². The van der Waals surface area contributed by atoms with Crippen molar-refractivity contribution >= 4 is 37.6 Å². The Labute approximate surface area is 130 Å². The van der Waals surface area contributed by atoms with Gasteiger partial charge < -0.3 is 9.52 Å². The number of hydrogen-bond donors (Lipinski definition) is 1.